The zero-order valence-electron chi connectivity index (χ0n) is 18.1. The van der Waals surface area contributed by atoms with Gasteiger partial charge in [0.05, 0.1) is 23.7 Å². The normalized spacial score (nSPS) is 13.8. The molecule has 2 heterocycles. The summed E-state index contributed by atoms with van der Waals surface area (Å²) in [6.45, 7) is 1.84. The van der Waals surface area contributed by atoms with Crippen LogP contribution in [-0.4, -0.2) is 37.2 Å². The molecule has 1 saturated heterocycles. The van der Waals surface area contributed by atoms with Gasteiger partial charge < -0.3 is 18.8 Å². The van der Waals surface area contributed by atoms with E-state index in [0.29, 0.717) is 48.5 Å². The molecule has 1 aliphatic heterocycles. The molecule has 0 spiro atoms. The third-order valence-electron chi connectivity index (χ3n) is 5.83. The maximum atomic E-state index is 12.8. The summed E-state index contributed by atoms with van der Waals surface area (Å²) in [5.41, 5.74) is 0.648. The summed E-state index contributed by atoms with van der Waals surface area (Å²) in [5, 5.41) is 14.2. The molecule has 0 atom stereocenters. The lowest BCUT2D eigenvalue weighted by atomic mass is 10.0. The highest BCUT2D eigenvalue weighted by molar-refractivity contribution is 6.07. The van der Waals surface area contributed by atoms with Gasteiger partial charge in [-0.25, -0.2) is 9.59 Å². The minimum Gasteiger partial charge on any atom is -0.457 e. The zero-order valence-corrected chi connectivity index (χ0v) is 18.1. The Morgan fingerprint density at radius 3 is 2.65 bits per heavy atom. The van der Waals surface area contributed by atoms with Gasteiger partial charge in [-0.3, -0.25) is 10.1 Å². The molecule has 0 amide bonds. The number of anilines is 1. The van der Waals surface area contributed by atoms with Crippen molar-refractivity contribution in [3.63, 3.8) is 0 Å². The number of ether oxygens (including phenoxy) is 2. The number of nitro benzene ring substituents is 1. The number of fused-ring (bicyclic) bond motifs is 3. The van der Waals surface area contributed by atoms with E-state index < -0.39 is 16.5 Å². The van der Waals surface area contributed by atoms with Gasteiger partial charge in [0, 0.05) is 36.2 Å². The van der Waals surface area contributed by atoms with E-state index >= 15 is 0 Å². The summed E-state index contributed by atoms with van der Waals surface area (Å²) < 4.78 is 16.1. The lowest BCUT2D eigenvalue weighted by molar-refractivity contribution is -0.384. The van der Waals surface area contributed by atoms with Crippen LogP contribution in [0.3, 0.4) is 0 Å². The Morgan fingerprint density at radius 2 is 1.85 bits per heavy atom. The monoisotopic (exact) mass is 460 g/mol. The number of esters is 1. The molecule has 172 valence electrons. The molecular weight excluding hydrogens is 440 g/mol. The van der Waals surface area contributed by atoms with E-state index in [1.807, 2.05) is 35.2 Å². The number of rotatable bonds is 5. The Morgan fingerprint density at radius 1 is 1.06 bits per heavy atom. The number of nitrogens with zero attached hydrogens (tertiary/aromatic N) is 2. The third-order valence-corrected chi connectivity index (χ3v) is 5.83. The van der Waals surface area contributed by atoms with Gasteiger partial charge in [-0.2, -0.15) is 0 Å². The molecular formula is C25H20N2O7. The van der Waals surface area contributed by atoms with Crippen molar-refractivity contribution in [2.24, 2.45) is 0 Å². The quantitative estimate of drug-likeness (QED) is 0.144. The van der Waals surface area contributed by atoms with Crippen LogP contribution in [0.5, 0.6) is 0 Å². The van der Waals surface area contributed by atoms with Crippen LogP contribution >= 0.6 is 0 Å². The highest BCUT2D eigenvalue weighted by Gasteiger charge is 2.24. The highest BCUT2D eigenvalue weighted by Crippen LogP contribution is 2.31. The molecule has 1 aromatic heterocycles. The second-order valence-corrected chi connectivity index (χ2v) is 7.89. The van der Waals surface area contributed by atoms with Crippen molar-refractivity contribution < 1.29 is 23.6 Å². The van der Waals surface area contributed by atoms with Crippen LogP contribution in [0.4, 0.5) is 11.4 Å². The van der Waals surface area contributed by atoms with Gasteiger partial charge in [0.15, 0.2) is 0 Å². The number of hydrogen-bond acceptors (Lipinski definition) is 8. The SMILES string of the molecule is O=C(OCc1cc(=O)oc2ccc3ccccc3c12)c1ccc(N2CCOCC2)c([N+](=O)[O-])c1. The molecule has 0 unspecified atom stereocenters. The third kappa shape index (κ3) is 4.08. The van der Waals surface area contributed by atoms with Crippen LogP contribution in [0.1, 0.15) is 15.9 Å². The molecule has 34 heavy (non-hydrogen) atoms. The fraction of sp³-hybridized carbons (Fsp3) is 0.200. The van der Waals surface area contributed by atoms with Gasteiger partial charge in [-0.05, 0) is 29.0 Å². The number of hydrogen-bond donors (Lipinski definition) is 0. The molecule has 9 heteroatoms. The Hall–Kier alpha value is -4.24. The van der Waals surface area contributed by atoms with E-state index in [1.165, 1.54) is 18.2 Å². The van der Waals surface area contributed by atoms with E-state index in [-0.39, 0.29) is 17.9 Å². The maximum absolute atomic E-state index is 12.8. The minimum atomic E-state index is -0.724. The first kappa shape index (κ1) is 21.6. The summed E-state index contributed by atoms with van der Waals surface area (Å²) >= 11 is 0. The molecule has 1 fully saturated rings. The standard InChI is InChI=1S/C25H20N2O7/c28-23-14-18(24-19-4-2-1-3-16(19)6-8-22(24)34-23)15-33-25(29)17-5-7-20(21(13-17)27(30)31)26-9-11-32-12-10-26/h1-8,13-14H,9-12,15H2. The first-order chi connectivity index (χ1) is 16.5. The summed E-state index contributed by atoms with van der Waals surface area (Å²) in [7, 11) is 0. The lowest BCUT2D eigenvalue weighted by Gasteiger charge is -2.28. The van der Waals surface area contributed by atoms with E-state index in [2.05, 4.69) is 0 Å². The molecule has 5 rings (SSSR count). The summed E-state index contributed by atoms with van der Waals surface area (Å²) in [5.74, 6) is -0.724. The molecule has 0 radical (unpaired) electrons. The number of nitro groups is 1. The van der Waals surface area contributed by atoms with Gasteiger partial charge in [-0.1, -0.05) is 30.3 Å². The minimum absolute atomic E-state index is 0.0563. The summed E-state index contributed by atoms with van der Waals surface area (Å²) in [6, 6.07) is 16.8. The number of carbonyl (C=O) groups excluding carboxylic acids is 1. The van der Waals surface area contributed by atoms with Gasteiger partial charge >= 0.3 is 11.6 Å². The van der Waals surface area contributed by atoms with Crippen molar-refractivity contribution in [1.29, 1.82) is 0 Å². The predicted molar refractivity (Wildman–Crippen MR) is 125 cm³/mol. The van der Waals surface area contributed by atoms with E-state index in [9.17, 15) is 19.7 Å². The molecule has 0 aliphatic carbocycles. The van der Waals surface area contributed by atoms with Crippen molar-refractivity contribution in [1.82, 2.24) is 0 Å². The summed E-state index contributed by atoms with van der Waals surface area (Å²) in [6.07, 6.45) is 0. The van der Waals surface area contributed by atoms with Crippen LogP contribution in [-0.2, 0) is 16.1 Å². The smallest absolute Gasteiger partial charge is 0.338 e. The Kier molecular flexibility index (Phi) is 5.69. The van der Waals surface area contributed by atoms with E-state index in [1.54, 1.807) is 12.1 Å². The van der Waals surface area contributed by atoms with Crippen LogP contribution in [0.25, 0.3) is 21.7 Å². The average molecular weight is 460 g/mol. The first-order valence-electron chi connectivity index (χ1n) is 10.7. The molecule has 9 nitrogen and oxygen atoms in total. The van der Waals surface area contributed by atoms with Crippen molar-refractivity contribution >= 4 is 39.1 Å². The Balaban J connectivity index is 1.44. The first-order valence-corrected chi connectivity index (χ1v) is 10.7. The zero-order chi connectivity index (χ0) is 23.7. The fourth-order valence-corrected chi connectivity index (χ4v) is 4.23. The van der Waals surface area contributed by atoms with E-state index in [4.69, 9.17) is 13.9 Å². The molecule has 0 N–H and O–H groups in total. The number of morpholine rings is 1. The second-order valence-electron chi connectivity index (χ2n) is 7.89. The van der Waals surface area contributed by atoms with Gasteiger partial charge in [0.2, 0.25) is 0 Å². The molecule has 0 saturated carbocycles. The van der Waals surface area contributed by atoms with Gasteiger partial charge in [-0.15, -0.1) is 0 Å². The van der Waals surface area contributed by atoms with Crippen LogP contribution in [0.15, 0.2) is 69.9 Å². The van der Waals surface area contributed by atoms with Crippen molar-refractivity contribution in [3.05, 3.63) is 92.3 Å². The topological polar surface area (TPSA) is 112 Å². The van der Waals surface area contributed by atoms with Gasteiger partial charge in [0.1, 0.15) is 17.9 Å². The van der Waals surface area contributed by atoms with E-state index in [0.717, 1.165) is 10.8 Å². The maximum Gasteiger partial charge on any atom is 0.338 e. The summed E-state index contributed by atoms with van der Waals surface area (Å²) in [4.78, 5) is 37.9. The van der Waals surface area contributed by atoms with Gasteiger partial charge in [0.25, 0.3) is 5.69 Å². The van der Waals surface area contributed by atoms with Crippen LogP contribution < -0.4 is 10.5 Å². The lowest BCUT2D eigenvalue weighted by Crippen LogP contribution is -2.36. The number of benzene rings is 3. The number of carbonyl (C=O) groups is 1. The highest BCUT2D eigenvalue weighted by atomic mass is 16.6. The van der Waals surface area contributed by atoms with Crippen LogP contribution in [0.2, 0.25) is 0 Å². The average Bonchev–Trinajstić information content (AvgIpc) is 2.86. The Bertz CT molecular complexity index is 1470. The molecule has 4 aromatic rings. The van der Waals surface area contributed by atoms with Crippen molar-refractivity contribution in [2.75, 3.05) is 31.2 Å². The molecule has 1 aliphatic rings. The Labute approximate surface area is 193 Å². The fourth-order valence-electron chi connectivity index (χ4n) is 4.23. The predicted octanol–water partition coefficient (Wildman–Crippen LogP) is 4.05. The van der Waals surface area contributed by atoms with Crippen LogP contribution in [0, 0.1) is 10.1 Å². The second kappa shape index (κ2) is 8.95. The largest absolute Gasteiger partial charge is 0.457 e. The molecule has 0 bridgehead atoms. The molecule has 3 aromatic carbocycles. The van der Waals surface area contributed by atoms with Crippen molar-refractivity contribution in [2.45, 2.75) is 6.61 Å². The van der Waals surface area contributed by atoms with Crippen molar-refractivity contribution in [3.8, 4) is 0 Å².